The predicted octanol–water partition coefficient (Wildman–Crippen LogP) is 4.91. The maximum absolute atomic E-state index is 6.23. The van der Waals surface area contributed by atoms with E-state index in [0.717, 1.165) is 23.7 Å². The highest BCUT2D eigenvalue weighted by Crippen LogP contribution is 2.33. The Morgan fingerprint density at radius 2 is 1.74 bits per heavy atom. The standard InChI is InChI=1S/C16H15Cl2N/c17-15-3-1-2-14(16(15)18)12-6-4-11(5-7-12)10-19-13-8-9-13/h1-7,13,19H,8-10H2. The number of benzene rings is 2. The van der Waals surface area contributed by atoms with E-state index in [1.807, 2.05) is 12.1 Å². The zero-order valence-corrected chi connectivity index (χ0v) is 12.0. The Kier molecular flexibility index (Phi) is 3.79. The first kappa shape index (κ1) is 13.0. The molecule has 0 radical (unpaired) electrons. The third kappa shape index (κ3) is 3.11. The van der Waals surface area contributed by atoms with Gasteiger partial charge < -0.3 is 5.32 Å². The van der Waals surface area contributed by atoms with Crippen LogP contribution < -0.4 is 5.32 Å². The van der Waals surface area contributed by atoms with Gasteiger partial charge >= 0.3 is 0 Å². The molecule has 0 aliphatic heterocycles. The van der Waals surface area contributed by atoms with E-state index in [4.69, 9.17) is 23.2 Å². The third-order valence-corrected chi connectivity index (χ3v) is 4.21. The summed E-state index contributed by atoms with van der Waals surface area (Å²) < 4.78 is 0. The van der Waals surface area contributed by atoms with E-state index >= 15 is 0 Å². The first-order valence-electron chi connectivity index (χ1n) is 6.51. The van der Waals surface area contributed by atoms with Gasteiger partial charge in [0.25, 0.3) is 0 Å². The molecule has 0 spiro atoms. The van der Waals surface area contributed by atoms with Crippen LogP contribution in [-0.2, 0) is 6.54 Å². The minimum atomic E-state index is 0.596. The molecule has 1 aliphatic rings. The van der Waals surface area contributed by atoms with E-state index < -0.39 is 0 Å². The highest BCUT2D eigenvalue weighted by atomic mass is 35.5. The molecule has 2 aromatic rings. The SMILES string of the molecule is Clc1cccc(-c2ccc(CNC3CC3)cc2)c1Cl. The Hall–Kier alpha value is -1.02. The van der Waals surface area contributed by atoms with E-state index in [2.05, 4.69) is 29.6 Å². The van der Waals surface area contributed by atoms with Crippen LogP contribution in [0.15, 0.2) is 42.5 Å². The van der Waals surface area contributed by atoms with Gasteiger partial charge in [-0.1, -0.05) is 59.6 Å². The first-order chi connectivity index (χ1) is 9.24. The zero-order valence-electron chi connectivity index (χ0n) is 10.5. The molecule has 1 nitrogen and oxygen atoms in total. The highest BCUT2D eigenvalue weighted by molar-refractivity contribution is 6.43. The molecule has 98 valence electrons. The van der Waals surface area contributed by atoms with Crippen molar-refractivity contribution in [1.82, 2.24) is 5.32 Å². The van der Waals surface area contributed by atoms with Crippen molar-refractivity contribution in [2.24, 2.45) is 0 Å². The summed E-state index contributed by atoms with van der Waals surface area (Å²) in [5.41, 5.74) is 3.38. The van der Waals surface area contributed by atoms with Gasteiger partial charge in [-0.05, 0) is 30.0 Å². The Labute approximate surface area is 123 Å². The highest BCUT2D eigenvalue weighted by Gasteiger charge is 2.19. The van der Waals surface area contributed by atoms with Gasteiger partial charge in [-0.25, -0.2) is 0 Å². The average molecular weight is 292 g/mol. The second kappa shape index (κ2) is 5.54. The smallest absolute Gasteiger partial charge is 0.0670 e. The normalized spacial score (nSPS) is 14.6. The number of nitrogens with one attached hydrogen (secondary N) is 1. The van der Waals surface area contributed by atoms with Crippen LogP contribution in [0, 0.1) is 0 Å². The summed E-state index contributed by atoms with van der Waals surface area (Å²) in [6, 6.07) is 14.9. The predicted molar refractivity (Wildman–Crippen MR) is 81.8 cm³/mol. The molecule has 1 N–H and O–H groups in total. The molecule has 0 heterocycles. The summed E-state index contributed by atoms with van der Waals surface area (Å²) >= 11 is 12.3. The average Bonchev–Trinajstić information content (AvgIpc) is 3.25. The van der Waals surface area contributed by atoms with Crippen molar-refractivity contribution in [3.8, 4) is 11.1 Å². The van der Waals surface area contributed by atoms with Gasteiger partial charge in [-0.3, -0.25) is 0 Å². The summed E-state index contributed by atoms with van der Waals surface area (Å²) in [5, 5.41) is 4.72. The van der Waals surface area contributed by atoms with Gasteiger partial charge in [-0.2, -0.15) is 0 Å². The Morgan fingerprint density at radius 3 is 2.42 bits per heavy atom. The molecule has 1 aliphatic carbocycles. The molecule has 19 heavy (non-hydrogen) atoms. The van der Waals surface area contributed by atoms with Crippen LogP contribution in [-0.4, -0.2) is 6.04 Å². The topological polar surface area (TPSA) is 12.0 Å². The largest absolute Gasteiger partial charge is 0.310 e. The summed E-state index contributed by atoms with van der Waals surface area (Å²) in [7, 11) is 0. The lowest BCUT2D eigenvalue weighted by atomic mass is 10.0. The van der Waals surface area contributed by atoms with Gasteiger partial charge in [0.2, 0.25) is 0 Å². The van der Waals surface area contributed by atoms with Gasteiger partial charge in [0.15, 0.2) is 0 Å². The maximum atomic E-state index is 6.23. The molecule has 2 aromatic carbocycles. The van der Waals surface area contributed by atoms with Crippen molar-refractivity contribution in [2.75, 3.05) is 0 Å². The van der Waals surface area contributed by atoms with Crippen LogP contribution in [0.1, 0.15) is 18.4 Å². The Bertz CT molecular complexity index is 574. The van der Waals surface area contributed by atoms with E-state index in [9.17, 15) is 0 Å². The van der Waals surface area contributed by atoms with Crippen LogP contribution >= 0.6 is 23.2 Å². The number of hydrogen-bond donors (Lipinski definition) is 1. The van der Waals surface area contributed by atoms with Crippen LogP contribution in [0.5, 0.6) is 0 Å². The van der Waals surface area contributed by atoms with Crippen molar-refractivity contribution in [1.29, 1.82) is 0 Å². The molecular formula is C16H15Cl2N. The van der Waals surface area contributed by atoms with Gasteiger partial charge in [0.05, 0.1) is 10.0 Å². The Balaban J connectivity index is 1.79. The number of halogens is 2. The van der Waals surface area contributed by atoms with Gasteiger partial charge in [0.1, 0.15) is 0 Å². The lowest BCUT2D eigenvalue weighted by Gasteiger charge is -2.08. The van der Waals surface area contributed by atoms with E-state index in [1.54, 1.807) is 6.07 Å². The van der Waals surface area contributed by atoms with Crippen LogP contribution in [0.2, 0.25) is 10.0 Å². The molecule has 0 amide bonds. The van der Waals surface area contributed by atoms with Crippen molar-refractivity contribution in [3.05, 3.63) is 58.1 Å². The molecule has 3 rings (SSSR count). The van der Waals surface area contributed by atoms with Crippen molar-refractivity contribution >= 4 is 23.2 Å². The minimum Gasteiger partial charge on any atom is -0.310 e. The molecule has 0 saturated heterocycles. The molecule has 0 aromatic heterocycles. The lowest BCUT2D eigenvalue weighted by molar-refractivity contribution is 0.688. The van der Waals surface area contributed by atoms with Crippen LogP contribution in [0.4, 0.5) is 0 Å². The molecule has 1 saturated carbocycles. The summed E-state index contributed by atoms with van der Waals surface area (Å²) in [6.07, 6.45) is 2.63. The molecular weight excluding hydrogens is 277 g/mol. The fourth-order valence-electron chi connectivity index (χ4n) is 2.08. The van der Waals surface area contributed by atoms with Gasteiger partial charge in [-0.15, -0.1) is 0 Å². The molecule has 1 fully saturated rings. The number of hydrogen-bond acceptors (Lipinski definition) is 1. The second-order valence-corrected chi connectivity index (χ2v) is 5.74. The van der Waals surface area contributed by atoms with Crippen LogP contribution in [0.3, 0.4) is 0 Å². The van der Waals surface area contributed by atoms with E-state index in [-0.39, 0.29) is 0 Å². The molecule has 0 atom stereocenters. The third-order valence-electron chi connectivity index (χ3n) is 3.39. The quantitative estimate of drug-likeness (QED) is 0.844. The Morgan fingerprint density at radius 1 is 1.00 bits per heavy atom. The van der Waals surface area contributed by atoms with E-state index in [0.29, 0.717) is 10.0 Å². The first-order valence-corrected chi connectivity index (χ1v) is 7.26. The zero-order chi connectivity index (χ0) is 13.2. The van der Waals surface area contributed by atoms with E-state index in [1.165, 1.54) is 18.4 Å². The maximum Gasteiger partial charge on any atom is 0.0670 e. The van der Waals surface area contributed by atoms with Crippen molar-refractivity contribution < 1.29 is 0 Å². The summed E-state index contributed by atoms with van der Waals surface area (Å²) in [5.74, 6) is 0. The van der Waals surface area contributed by atoms with Crippen molar-refractivity contribution in [2.45, 2.75) is 25.4 Å². The van der Waals surface area contributed by atoms with Crippen molar-refractivity contribution in [3.63, 3.8) is 0 Å². The monoisotopic (exact) mass is 291 g/mol. The number of rotatable bonds is 4. The minimum absolute atomic E-state index is 0.596. The van der Waals surface area contributed by atoms with Gasteiger partial charge in [0, 0.05) is 18.2 Å². The lowest BCUT2D eigenvalue weighted by Crippen LogP contribution is -2.14. The molecule has 0 unspecified atom stereocenters. The fourth-order valence-corrected chi connectivity index (χ4v) is 2.49. The fraction of sp³-hybridized carbons (Fsp3) is 0.250. The second-order valence-electron chi connectivity index (χ2n) is 4.95. The summed E-state index contributed by atoms with van der Waals surface area (Å²) in [6.45, 7) is 0.939. The molecule has 0 bridgehead atoms. The van der Waals surface area contributed by atoms with Crippen LogP contribution in [0.25, 0.3) is 11.1 Å². The molecule has 3 heteroatoms. The summed E-state index contributed by atoms with van der Waals surface area (Å²) in [4.78, 5) is 0.